The molecule has 3 nitrogen and oxygen atoms in total. The van der Waals surface area contributed by atoms with Gasteiger partial charge in [0.2, 0.25) is 0 Å². The molecule has 0 amide bonds. The van der Waals surface area contributed by atoms with Gasteiger partial charge in [-0.05, 0) is 23.1 Å². The minimum Gasteiger partial charge on any atom is -0.479 e. The summed E-state index contributed by atoms with van der Waals surface area (Å²) in [5, 5.41) is 11.8. The number of ether oxygens (including phenoxy) is 1. The van der Waals surface area contributed by atoms with Crippen LogP contribution in [0.3, 0.4) is 0 Å². The molecular formula is C14H20N2O. The Labute approximate surface area is 103 Å². The highest BCUT2D eigenvalue weighted by molar-refractivity contribution is 5.27. The van der Waals surface area contributed by atoms with Gasteiger partial charge in [0.25, 0.3) is 0 Å². The Morgan fingerprint density at radius 2 is 1.88 bits per heavy atom. The highest BCUT2D eigenvalue weighted by atomic mass is 16.5. The summed E-state index contributed by atoms with van der Waals surface area (Å²) in [6.07, 6.45) is 0. The number of hydrogen-bond acceptors (Lipinski definition) is 3. The molecule has 0 aliphatic carbocycles. The summed E-state index contributed by atoms with van der Waals surface area (Å²) in [7, 11) is 0. The van der Waals surface area contributed by atoms with Gasteiger partial charge in [0, 0.05) is 13.1 Å². The minimum atomic E-state index is 0.0988. The van der Waals surface area contributed by atoms with Crippen LogP contribution in [0.5, 0.6) is 5.75 Å². The first-order valence-electron chi connectivity index (χ1n) is 5.81. The normalized spacial score (nSPS) is 10.9. The Balaban J connectivity index is 2.38. The van der Waals surface area contributed by atoms with E-state index >= 15 is 0 Å². The van der Waals surface area contributed by atoms with Crippen LogP contribution in [0.4, 0.5) is 0 Å². The molecule has 3 heteroatoms. The lowest BCUT2D eigenvalue weighted by Gasteiger charge is -2.18. The summed E-state index contributed by atoms with van der Waals surface area (Å²) in [5.41, 5.74) is 1.52. The second-order valence-corrected chi connectivity index (χ2v) is 5.25. The van der Waals surface area contributed by atoms with E-state index in [2.05, 4.69) is 26.1 Å². The largest absolute Gasteiger partial charge is 0.479 e. The van der Waals surface area contributed by atoms with Crippen LogP contribution in [-0.2, 0) is 6.54 Å². The van der Waals surface area contributed by atoms with Gasteiger partial charge in [-0.1, -0.05) is 32.9 Å². The molecule has 1 aromatic rings. The molecule has 0 bridgehead atoms. The first-order chi connectivity index (χ1) is 8.01. The Morgan fingerprint density at radius 3 is 2.41 bits per heavy atom. The summed E-state index contributed by atoms with van der Waals surface area (Å²) in [4.78, 5) is 0. The zero-order valence-electron chi connectivity index (χ0n) is 10.8. The smallest absolute Gasteiger partial charge is 0.174 e. The molecule has 0 fully saturated rings. The van der Waals surface area contributed by atoms with Crippen LogP contribution in [0.2, 0.25) is 0 Å². The van der Waals surface area contributed by atoms with Crippen LogP contribution in [0.25, 0.3) is 0 Å². The van der Waals surface area contributed by atoms with E-state index in [1.807, 2.05) is 30.3 Å². The maximum absolute atomic E-state index is 8.39. The standard InChI is InChI=1S/C14H20N2O/c1-14(2,3)11-16-10-12-4-6-13(7-5-12)17-9-8-15/h4-7,16H,9-11H2,1-3H3. The van der Waals surface area contributed by atoms with Crippen molar-refractivity contribution in [2.75, 3.05) is 13.2 Å². The molecule has 0 aliphatic heterocycles. The van der Waals surface area contributed by atoms with E-state index in [9.17, 15) is 0 Å². The first-order valence-corrected chi connectivity index (χ1v) is 5.81. The second kappa shape index (κ2) is 6.27. The summed E-state index contributed by atoms with van der Waals surface area (Å²) in [6.45, 7) is 8.56. The van der Waals surface area contributed by atoms with Gasteiger partial charge in [-0.2, -0.15) is 5.26 Å². The third-order valence-electron chi connectivity index (χ3n) is 2.21. The number of nitrogens with zero attached hydrogens (tertiary/aromatic N) is 1. The van der Waals surface area contributed by atoms with Crippen molar-refractivity contribution in [3.8, 4) is 11.8 Å². The van der Waals surface area contributed by atoms with Crippen molar-refractivity contribution in [2.45, 2.75) is 27.3 Å². The third-order valence-corrected chi connectivity index (χ3v) is 2.21. The molecule has 0 saturated heterocycles. The van der Waals surface area contributed by atoms with Gasteiger partial charge >= 0.3 is 0 Å². The third kappa shape index (κ3) is 5.94. The molecule has 1 N–H and O–H groups in total. The van der Waals surface area contributed by atoms with Crippen LogP contribution in [0, 0.1) is 16.7 Å². The maximum atomic E-state index is 8.39. The van der Waals surface area contributed by atoms with Gasteiger partial charge in [-0.15, -0.1) is 0 Å². The molecule has 0 atom stereocenters. The summed E-state index contributed by atoms with van der Waals surface area (Å²) >= 11 is 0. The topological polar surface area (TPSA) is 45.0 Å². The Morgan fingerprint density at radius 1 is 1.24 bits per heavy atom. The SMILES string of the molecule is CC(C)(C)CNCc1ccc(OCC#N)cc1. The highest BCUT2D eigenvalue weighted by Gasteiger charge is 2.08. The molecule has 0 saturated carbocycles. The Kier molecular flexibility index (Phi) is 4.99. The number of hydrogen-bond donors (Lipinski definition) is 1. The fourth-order valence-corrected chi connectivity index (χ4v) is 1.40. The van der Waals surface area contributed by atoms with Crippen molar-refractivity contribution < 1.29 is 4.74 Å². The average molecular weight is 232 g/mol. The summed E-state index contributed by atoms with van der Waals surface area (Å²) < 4.78 is 5.19. The van der Waals surface area contributed by atoms with Gasteiger partial charge in [0.15, 0.2) is 6.61 Å². The summed E-state index contributed by atoms with van der Waals surface area (Å²) in [5.74, 6) is 0.742. The molecule has 0 aromatic heterocycles. The van der Waals surface area contributed by atoms with Crippen molar-refractivity contribution in [1.82, 2.24) is 5.32 Å². The Hall–Kier alpha value is -1.53. The number of rotatable bonds is 5. The van der Waals surface area contributed by atoms with Crippen LogP contribution in [0.15, 0.2) is 24.3 Å². The molecule has 1 aromatic carbocycles. The van der Waals surface area contributed by atoms with Gasteiger partial charge in [-0.3, -0.25) is 0 Å². The molecule has 17 heavy (non-hydrogen) atoms. The second-order valence-electron chi connectivity index (χ2n) is 5.25. The Bertz CT molecular complexity index is 371. The maximum Gasteiger partial charge on any atom is 0.174 e. The fourth-order valence-electron chi connectivity index (χ4n) is 1.40. The lowest BCUT2D eigenvalue weighted by atomic mass is 9.97. The van der Waals surface area contributed by atoms with E-state index in [4.69, 9.17) is 10.00 Å². The monoisotopic (exact) mass is 232 g/mol. The molecule has 0 spiro atoms. The van der Waals surface area contributed by atoms with Crippen molar-refractivity contribution in [2.24, 2.45) is 5.41 Å². The number of nitriles is 1. The molecule has 0 aliphatic rings. The fraction of sp³-hybridized carbons (Fsp3) is 0.500. The van der Waals surface area contributed by atoms with Gasteiger partial charge in [0.05, 0.1) is 0 Å². The lowest BCUT2D eigenvalue weighted by Crippen LogP contribution is -2.26. The van der Waals surface area contributed by atoms with Crippen LogP contribution >= 0.6 is 0 Å². The first kappa shape index (κ1) is 13.5. The number of benzene rings is 1. The van der Waals surface area contributed by atoms with Gasteiger partial charge in [-0.25, -0.2) is 0 Å². The van der Waals surface area contributed by atoms with Crippen LogP contribution in [-0.4, -0.2) is 13.2 Å². The van der Waals surface area contributed by atoms with Crippen LogP contribution < -0.4 is 10.1 Å². The quantitative estimate of drug-likeness (QED) is 0.849. The molecule has 0 radical (unpaired) electrons. The van der Waals surface area contributed by atoms with E-state index < -0.39 is 0 Å². The number of nitrogens with one attached hydrogen (secondary N) is 1. The van der Waals surface area contributed by atoms with E-state index in [0.29, 0.717) is 5.41 Å². The van der Waals surface area contributed by atoms with E-state index in [0.717, 1.165) is 18.8 Å². The predicted molar refractivity (Wildman–Crippen MR) is 68.7 cm³/mol. The van der Waals surface area contributed by atoms with Gasteiger partial charge < -0.3 is 10.1 Å². The van der Waals surface area contributed by atoms with Crippen LogP contribution in [0.1, 0.15) is 26.3 Å². The molecule has 92 valence electrons. The lowest BCUT2D eigenvalue weighted by molar-refractivity contribution is 0.367. The minimum absolute atomic E-state index is 0.0988. The zero-order chi connectivity index (χ0) is 12.7. The van der Waals surface area contributed by atoms with Crippen molar-refractivity contribution >= 4 is 0 Å². The molecular weight excluding hydrogens is 212 g/mol. The predicted octanol–water partition coefficient (Wildman–Crippen LogP) is 2.72. The van der Waals surface area contributed by atoms with E-state index in [1.54, 1.807) is 0 Å². The van der Waals surface area contributed by atoms with Crippen molar-refractivity contribution in [1.29, 1.82) is 5.26 Å². The summed E-state index contributed by atoms with van der Waals surface area (Å²) in [6, 6.07) is 9.77. The van der Waals surface area contributed by atoms with E-state index in [1.165, 1.54) is 5.56 Å². The van der Waals surface area contributed by atoms with Crippen molar-refractivity contribution in [3.63, 3.8) is 0 Å². The zero-order valence-corrected chi connectivity index (χ0v) is 10.8. The average Bonchev–Trinajstić information content (AvgIpc) is 2.26. The molecule has 0 unspecified atom stereocenters. The highest BCUT2D eigenvalue weighted by Crippen LogP contribution is 2.13. The molecule has 0 heterocycles. The molecule has 1 rings (SSSR count). The van der Waals surface area contributed by atoms with Crippen molar-refractivity contribution in [3.05, 3.63) is 29.8 Å². The van der Waals surface area contributed by atoms with E-state index in [-0.39, 0.29) is 6.61 Å². The van der Waals surface area contributed by atoms with Gasteiger partial charge in [0.1, 0.15) is 11.8 Å².